The lowest BCUT2D eigenvalue weighted by molar-refractivity contribution is -0.870. The van der Waals surface area contributed by atoms with Gasteiger partial charge in [-0.1, -0.05) is 127 Å². The van der Waals surface area contributed by atoms with Crippen molar-refractivity contribution in [2.45, 2.75) is 142 Å². The molecular weight excluding hydrogens is 625 g/mol. The van der Waals surface area contributed by atoms with Gasteiger partial charge in [-0.25, -0.2) is 0 Å². The first kappa shape index (κ1) is 46.5. The second-order valence-corrected chi connectivity index (χ2v) is 15.0. The summed E-state index contributed by atoms with van der Waals surface area (Å²) in [6.45, 7) is 5.20. The smallest absolute Gasteiger partial charge is 0.306 e. The predicted octanol–water partition coefficient (Wildman–Crippen LogP) is 9.80. The maximum absolute atomic E-state index is 12.5. The van der Waals surface area contributed by atoms with E-state index in [1.807, 2.05) is 21.1 Å². The number of rotatable bonds is 34. The molecule has 0 aliphatic rings. The summed E-state index contributed by atoms with van der Waals surface area (Å²) >= 11 is 0. The highest BCUT2D eigenvalue weighted by Crippen LogP contribution is 2.38. The van der Waals surface area contributed by atoms with Gasteiger partial charge in [-0.2, -0.15) is 0 Å². The van der Waals surface area contributed by atoms with Gasteiger partial charge in [-0.15, -0.1) is 0 Å². The topological polar surface area (TPSA) is 94.1 Å². The van der Waals surface area contributed by atoms with Crippen molar-refractivity contribution in [1.82, 2.24) is 0 Å². The molecule has 48 heavy (non-hydrogen) atoms. The molecule has 0 aromatic heterocycles. The predicted molar refractivity (Wildman–Crippen MR) is 199 cm³/mol. The van der Waals surface area contributed by atoms with Gasteiger partial charge in [0.25, 0.3) is 7.82 Å². The summed E-state index contributed by atoms with van der Waals surface area (Å²) in [5, 5.41) is 0. The van der Waals surface area contributed by atoms with Gasteiger partial charge in [0.15, 0.2) is 0 Å². The summed E-state index contributed by atoms with van der Waals surface area (Å²) in [5.74, 6) is -0.349. The minimum absolute atomic E-state index is 0.0210. The fourth-order valence-corrected chi connectivity index (χ4v) is 5.44. The number of quaternary nitrogens is 1. The Morgan fingerprint density at radius 2 is 1.21 bits per heavy atom. The van der Waals surface area contributed by atoms with Crippen molar-refractivity contribution >= 4 is 13.8 Å². The van der Waals surface area contributed by atoms with Crippen LogP contribution in [0, 0.1) is 0 Å². The number of unbranched alkanes of at least 4 members (excludes halogenated alkanes) is 12. The number of carbonyl (C=O) groups excluding carboxylic acids is 1. The van der Waals surface area contributed by atoms with E-state index >= 15 is 0 Å². The SMILES string of the molecule is CC/C=C\C/C=C\C/C=C\C/C=C\CCCCCCCOCC(COP(=O)([O-])OCC[N+](C)(C)C)OC(=O)CCCCCCCCCC. The first-order valence-electron chi connectivity index (χ1n) is 18.9. The number of likely N-dealkylation sites (N-methyl/N-ethyl adjacent to an activating group) is 1. The summed E-state index contributed by atoms with van der Waals surface area (Å²) in [4.78, 5) is 24.8. The van der Waals surface area contributed by atoms with E-state index in [1.165, 1.54) is 44.9 Å². The monoisotopic (exact) mass is 698 g/mol. The van der Waals surface area contributed by atoms with E-state index in [9.17, 15) is 14.3 Å². The van der Waals surface area contributed by atoms with E-state index in [0.29, 0.717) is 24.1 Å². The first-order valence-corrected chi connectivity index (χ1v) is 20.3. The number of esters is 1. The lowest BCUT2D eigenvalue weighted by Crippen LogP contribution is -2.37. The number of ether oxygens (including phenoxy) is 2. The molecule has 0 saturated carbocycles. The number of phosphoric ester groups is 1. The first-order chi connectivity index (χ1) is 23.1. The van der Waals surface area contributed by atoms with Gasteiger partial charge in [-0.05, 0) is 51.4 Å². The summed E-state index contributed by atoms with van der Waals surface area (Å²) in [5.41, 5.74) is 0. The maximum atomic E-state index is 12.5. The average molecular weight is 698 g/mol. The van der Waals surface area contributed by atoms with Gasteiger partial charge in [0.05, 0.1) is 34.4 Å². The molecule has 2 unspecified atom stereocenters. The van der Waals surface area contributed by atoms with Crippen molar-refractivity contribution in [3.63, 3.8) is 0 Å². The van der Waals surface area contributed by atoms with Crippen LogP contribution in [0.25, 0.3) is 0 Å². The Morgan fingerprint density at radius 3 is 1.81 bits per heavy atom. The van der Waals surface area contributed by atoms with Crippen LogP contribution in [0.2, 0.25) is 0 Å². The number of hydrogen-bond donors (Lipinski definition) is 0. The Kier molecular flexibility index (Phi) is 31.6. The van der Waals surface area contributed by atoms with Crippen molar-refractivity contribution in [3.05, 3.63) is 48.6 Å². The van der Waals surface area contributed by atoms with E-state index in [-0.39, 0.29) is 25.8 Å². The summed E-state index contributed by atoms with van der Waals surface area (Å²) < 4.78 is 34.3. The zero-order chi connectivity index (χ0) is 35.6. The van der Waals surface area contributed by atoms with Crippen molar-refractivity contribution in [3.8, 4) is 0 Å². The van der Waals surface area contributed by atoms with E-state index in [2.05, 4.69) is 62.5 Å². The fraction of sp³-hybridized carbons (Fsp3) is 0.769. The van der Waals surface area contributed by atoms with Crippen LogP contribution in [-0.2, 0) is 27.9 Å². The van der Waals surface area contributed by atoms with Crippen LogP contribution in [0.5, 0.6) is 0 Å². The highest BCUT2D eigenvalue weighted by atomic mass is 31.2. The normalized spacial score (nSPS) is 14.5. The Hall–Kier alpha value is -1.54. The van der Waals surface area contributed by atoms with Crippen molar-refractivity contribution in [2.24, 2.45) is 0 Å². The lowest BCUT2D eigenvalue weighted by atomic mass is 10.1. The summed E-state index contributed by atoms with van der Waals surface area (Å²) in [7, 11) is 1.33. The molecule has 0 fully saturated rings. The maximum Gasteiger partial charge on any atom is 0.306 e. The Bertz CT molecular complexity index is 911. The Labute approximate surface area is 295 Å². The van der Waals surface area contributed by atoms with E-state index in [0.717, 1.165) is 70.6 Å². The van der Waals surface area contributed by atoms with Gasteiger partial charge < -0.3 is 27.9 Å². The molecule has 2 atom stereocenters. The second kappa shape index (κ2) is 32.7. The van der Waals surface area contributed by atoms with E-state index < -0.39 is 13.9 Å². The van der Waals surface area contributed by atoms with Crippen LogP contribution in [0.1, 0.15) is 136 Å². The number of carbonyl (C=O) groups is 1. The van der Waals surface area contributed by atoms with Crippen LogP contribution < -0.4 is 4.89 Å². The Balaban J connectivity index is 4.27. The van der Waals surface area contributed by atoms with Crippen LogP contribution in [0.4, 0.5) is 0 Å². The lowest BCUT2D eigenvalue weighted by Gasteiger charge is -2.28. The average Bonchev–Trinajstić information content (AvgIpc) is 3.03. The van der Waals surface area contributed by atoms with E-state index in [4.69, 9.17) is 18.5 Å². The fourth-order valence-electron chi connectivity index (χ4n) is 4.71. The van der Waals surface area contributed by atoms with Gasteiger partial charge in [0, 0.05) is 13.0 Å². The zero-order valence-electron chi connectivity index (χ0n) is 31.4. The molecule has 0 saturated heterocycles. The molecular formula is C39H72NO7P. The van der Waals surface area contributed by atoms with Gasteiger partial charge in [0.2, 0.25) is 0 Å². The highest BCUT2D eigenvalue weighted by Gasteiger charge is 2.20. The molecule has 0 spiro atoms. The Morgan fingerprint density at radius 1 is 0.667 bits per heavy atom. The van der Waals surface area contributed by atoms with Crippen LogP contribution in [0.15, 0.2) is 48.6 Å². The number of hydrogen-bond acceptors (Lipinski definition) is 7. The van der Waals surface area contributed by atoms with Crippen molar-refractivity contribution < 1.29 is 37.3 Å². The second-order valence-electron chi connectivity index (χ2n) is 13.6. The number of phosphoric acid groups is 1. The number of nitrogens with zero attached hydrogens (tertiary/aromatic N) is 1. The van der Waals surface area contributed by atoms with Crippen molar-refractivity contribution in [1.29, 1.82) is 0 Å². The molecule has 0 heterocycles. The minimum atomic E-state index is -4.52. The summed E-state index contributed by atoms with van der Waals surface area (Å²) in [6, 6.07) is 0. The standard InChI is InChI=1S/C39H72NO7P/c1-6-8-10-12-14-16-17-18-19-20-21-22-23-24-25-27-29-31-34-44-36-38(37-46-48(42,43)45-35-33-40(3,4)5)47-39(41)32-30-28-26-15-13-11-9-7-2/h8,10,14,16,18-19,21-22,38H,6-7,9,11-13,15,17,20,23-37H2,1-5H3/b10-8-,16-14-,19-18-,22-21-. The molecule has 8 nitrogen and oxygen atoms in total. The molecule has 0 aliphatic carbocycles. The molecule has 9 heteroatoms. The quantitative estimate of drug-likeness (QED) is 0.0217. The third-order valence-electron chi connectivity index (χ3n) is 7.64. The van der Waals surface area contributed by atoms with Gasteiger partial charge in [0.1, 0.15) is 19.3 Å². The molecule has 0 rings (SSSR count). The van der Waals surface area contributed by atoms with Crippen LogP contribution in [0.3, 0.4) is 0 Å². The molecule has 0 bridgehead atoms. The molecule has 280 valence electrons. The van der Waals surface area contributed by atoms with Crippen LogP contribution in [-0.4, -0.2) is 70.7 Å². The van der Waals surface area contributed by atoms with Crippen molar-refractivity contribution in [2.75, 3.05) is 54.1 Å². The summed E-state index contributed by atoms with van der Waals surface area (Å²) in [6.07, 6.45) is 37.0. The molecule has 0 N–H and O–H groups in total. The molecule has 0 aliphatic heterocycles. The molecule has 0 aromatic carbocycles. The van der Waals surface area contributed by atoms with Gasteiger partial charge in [-0.3, -0.25) is 9.36 Å². The number of allylic oxidation sites excluding steroid dienone is 8. The zero-order valence-corrected chi connectivity index (χ0v) is 32.3. The third kappa shape index (κ3) is 35.8. The largest absolute Gasteiger partial charge is 0.756 e. The van der Waals surface area contributed by atoms with Crippen LogP contribution >= 0.6 is 7.82 Å². The molecule has 0 radical (unpaired) electrons. The third-order valence-corrected chi connectivity index (χ3v) is 8.61. The minimum Gasteiger partial charge on any atom is -0.756 e. The van der Waals surface area contributed by atoms with Gasteiger partial charge >= 0.3 is 5.97 Å². The highest BCUT2D eigenvalue weighted by molar-refractivity contribution is 7.45. The molecule has 0 amide bonds. The van der Waals surface area contributed by atoms with E-state index in [1.54, 1.807) is 0 Å². The molecule has 0 aromatic rings.